The van der Waals surface area contributed by atoms with E-state index in [1.54, 1.807) is 0 Å². The first-order chi connectivity index (χ1) is 7.55. The average Bonchev–Trinajstić information content (AvgIpc) is 2.62. The molecular formula is C12H8O3S. The fraction of sp³-hybridized carbons (Fsp3) is 0. The second-order valence-electron chi connectivity index (χ2n) is 3.77. The zero-order valence-electron chi connectivity index (χ0n) is 8.21. The van der Waals surface area contributed by atoms with Crippen molar-refractivity contribution in [3.8, 4) is 0 Å². The minimum Gasteiger partial charge on any atom is -0.282 e. The highest BCUT2D eigenvalue weighted by Gasteiger charge is 2.15. The van der Waals surface area contributed by atoms with Crippen LogP contribution in [0.3, 0.4) is 0 Å². The summed E-state index contributed by atoms with van der Waals surface area (Å²) in [5, 5.41) is 1.86. The minimum atomic E-state index is -4.14. The number of rotatable bonds is 1. The van der Waals surface area contributed by atoms with Crippen LogP contribution in [-0.2, 0) is 10.1 Å². The van der Waals surface area contributed by atoms with Gasteiger partial charge in [0, 0.05) is 0 Å². The molecule has 1 N–H and O–H groups in total. The lowest BCUT2D eigenvalue weighted by atomic mass is 10.0. The van der Waals surface area contributed by atoms with Crippen LogP contribution < -0.4 is 0 Å². The van der Waals surface area contributed by atoms with E-state index in [1.165, 1.54) is 12.1 Å². The van der Waals surface area contributed by atoms with Crippen LogP contribution in [0.15, 0.2) is 35.2 Å². The average molecular weight is 232 g/mol. The molecule has 4 heteroatoms. The van der Waals surface area contributed by atoms with Crippen LogP contribution in [0.4, 0.5) is 0 Å². The lowest BCUT2D eigenvalue weighted by Crippen LogP contribution is -1.98. The van der Waals surface area contributed by atoms with Crippen molar-refractivity contribution >= 4 is 33.0 Å². The zero-order chi connectivity index (χ0) is 11.3. The number of hydrogen-bond acceptors (Lipinski definition) is 2. The molecule has 0 saturated carbocycles. The Labute approximate surface area is 92.8 Å². The van der Waals surface area contributed by atoms with E-state index < -0.39 is 10.1 Å². The lowest BCUT2D eigenvalue weighted by molar-refractivity contribution is 0.483. The summed E-state index contributed by atoms with van der Waals surface area (Å²) in [7, 11) is -4.14. The van der Waals surface area contributed by atoms with Gasteiger partial charge in [-0.2, -0.15) is 8.42 Å². The van der Waals surface area contributed by atoms with Crippen LogP contribution in [0.25, 0.3) is 22.9 Å². The van der Waals surface area contributed by atoms with Gasteiger partial charge in [0.05, 0.1) is 4.90 Å². The van der Waals surface area contributed by atoms with Gasteiger partial charge in [-0.1, -0.05) is 30.4 Å². The zero-order valence-corrected chi connectivity index (χ0v) is 9.03. The van der Waals surface area contributed by atoms with E-state index in [0.29, 0.717) is 0 Å². The third kappa shape index (κ3) is 1.27. The molecule has 2 aromatic rings. The number of hydrogen-bond donors (Lipinski definition) is 1. The van der Waals surface area contributed by atoms with E-state index in [9.17, 15) is 8.42 Å². The number of benzene rings is 2. The first kappa shape index (κ1) is 9.57. The highest BCUT2D eigenvalue weighted by atomic mass is 32.2. The maximum atomic E-state index is 11.1. The van der Waals surface area contributed by atoms with E-state index in [-0.39, 0.29) is 4.90 Å². The molecule has 1 aliphatic carbocycles. The molecule has 0 fully saturated rings. The predicted molar refractivity (Wildman–Crippen MR) is 62.7 cm³/mol. The van der Waals surface area contributed by atoms with Crippen molar-refractivity contribution in [1.29, 1.82) is 0 Å². The van der Waals surface area contributed by atoms with Crippen LogP contribution in [0, 0.1) is 0 Å². The molecule has 3 nitrogen and oxygen atoms in total. The molecule has 0 saturated heterocycles. The van der Waals surface area contributed by atoms with Gasteiger partial charge in [-0.15, -0.1) is 0 Å². The summed E-state index contributed by atoms with van der Waals surface area (Å²) in [4.78, 5) is -0.0568. The molecule has 0 spiro atoms. The third-order valence-electron chi connectivity index (χ3n) is 2.75. The van der Waals surface area contributed by atoms with Crippen molar-refractivity contribution in [2.45, 2.75) is 4.90 Å². The molecule has 0 unspecified atom stereocenters. The first-order valence-electron chi connectivity index (χ1n) is 4.78. The summed E-state index contributed by atoms with van der Waals surface area (Å²) in [6.45, 7) is 0. The van der Waals surface area contributed by atoms with Crippen LogP contribution in [0.1, 0.15) is 11.1 Å². The molecule has 0 aliphatic heterocycles. The van der Waals surface area contributed by atoms with Crippen LogP contribution in [0.5, 0.6) is 0 Å². The molecule has 2 aromatic carbocycles. The van der Waals surface area contributed by atoms with Gasteiger partial charge < -0.3 is 0 Å². The van der Waals surface area contributed by atoms with Crippen molar-refractivity contribution in [1.82, 2.24) is 0 Å². The highest BCUT2D eigenvalue weighted by molar-refractivity contribution is 7.85. The van der Waals surface area contributed by atoms with Crippen molar-refractivity contribution < 1.29 is 13.0 Å². The van der Waals surface area contributed by atoms with E-state index >= 15 is 0 Å². The van der Waals surface area contributed by atoms with Crippen LogP contribution in [0.2, 0.25) is 0 Å². The third-order valence-corrected chi connectivity index (χ3v) is 3.58. The maximum Gasteiger partial charge on any atom is 0.294 e. The molecular weight excluding hydrogens is 224 g/mol. The van der Waals surface area contributed by atoms with Crippen molar-refractivity contribution in [3.05, 3.63) is 41.5 Å². The van der Waals surface area contributed by atoms with Gasteiger partial charge in [-0.25, -0.2) is 0 Å². The maximum absolute atomic E-state index is 11.1. The Bertz CT molecular complexity index is 727. The van der Waals surface area contributed by atoms with Gasteiger partial charge in [-0.05, 0) is 34.0 Å². The Morgan fingerprint density at radius 2 is 1.75 bits per heavy atom. The van der Waals surface area contributed by atoms with Gasteiger partial charge in [0.2, 0.25) is 0 Å². The molecule has 0 radical (unpaired) electrons. The fourth-order valence-corrected chi connectivity index (χ4v) is 2.61. The van der Waals surface area contributed by atoms with Crippen molar-refractivity contribution in [2.75, 3.05) is 0 Å². The van der Waals surface area contributed by atoms with Crippen molar-refractivity contribution in [2.24, 2.45) is 0 Å². The summed E-state index contributed by atoms with van der Waals surface area (Å²) >= 11 is 0. The lowest BCUT2D eigenvalue weighted by Gasteiger charge is -2.04. The Balaban J connectivity index is 2.47. The van der Waals surface area contributed by atoms with E-state index in [4.69, 9.17) is 4.55 Å². The molecule has 0 atom stereocenters. The fourth-order valence-electron chi connectivity index (χ4n) is 2.06. The Hall–Kier alpha value is -1.65. The predicted octanol–water partition coefficient (Wildman–Crippen LogP) is 2.57. The van der Waals surface area contributed by atoms with E-state index in [2.05, 4.69) is 0 Å². The molecule has 3 rings (SSSR count). The van der Waals surface area contributed by atoms with Crippen LogP contribution in [-0.4, -0.2) is 13.0 Å². The molecule has 80 valence electrons. The van der Waals surface area contributed by atoms with Gasteiger partial charge in [0.1, 0.15) is 0 Å². The molecule has 0 amide bonds. The van der Waals surface area contributed by atoms with Gasteiger partial charge in [-0.3, -0.25) is 4.55 Å². The molecule has 1 aliphatic rings. The molecule has 0 bridgehead atoms. The van der Waals surface area contributed by atoms with E-state index in [0.717, 1.165) is 21.9 Å². The highest BCUT2D eigenvalue weighted by Crippen LogP contribution is 2.33. The normalized spacial score (nSPS) is 13.6. The standard InChI is InChI=1S/C12H8O3S/c13-16(14,15)11-6-9-3-1-2-8-4-5-10(7-11)12(8)9/h1-7H,(H,13,14,15). The first-order valence-corrected chi connectivity index (χ1v) is 6.22. The molecule has 16 heavy (non-hydrogen) atoms. The monoisotopic (exact) mass is 232 g/mol. The summed E-state index contributed by atoms with van der Waals surface area (Å²) in [5.41, 5.74) is 1.91. The van der Waals surface area contributed by atoms with Gasteiger partial charge in [0.15, 0.2) is 0 Å². The van der Waals surface area contributed by atoms with Crippen LogP contribution >= 0.6 is 0 Å². The topological polar surface area (TPSA) is 54.4 Å². The van der Waals surface area contributed by atoms with Gasteiger partial charge >= 0.3 is 0 Å². The molecule has 0 aromatic heterocycles. The molecule has 0 heterocycles. The quantitative estimate of drug-likeness (QED) is 0.656. The van der Waals surface area contributed by atoms with Gasteiger partial charge in [0.25, 0.3) is 10.1 Å². The Kier molecular flexibility index (Phi) is 1.75. The summed E-state index contributed by atoms with van der Waals surface area (Å²) in [5.74, 6) is 0. The minimum absolute atomic E-state index is 0.0568. The summed E-state index contributed by atoms with van der Waals surface area (Å²) in [6, 6.07) is 8.66. The summed E-state index contributed by atoms with van der Waals surface area (Å²) < 4.78 is 31.2. The summed E-state index contributed by atoms with van der Waals surface area (Å²) in [6.07, 6.45) is 3.79. The second kappa shape index (κ2) is 2.93. The second-order valence-corrected chi connectivity index (χ2v) is 5.19. The van der Waals surface area contributed by atoms with Crippen molar-refractivity contribution in [3.63, 3.8) is 0 Å². The largest absolute Gasteiger partial charge is 0.294 e. The smallest absolute Gasteiger partial charge is 0.282 e. The SMILES string of the molecule is O=S(=O)(O)c1cc2c3c(cccc3c1)C=C2. The Morgan fingerprint density at radius 1 is 1.00 bits per heavy atom. The Morgan fingerprint density at radius 3 is 2.50 bits per heavy atom. The van der Waals surface area contributed by atoms with E-state index in [1.807, 2.05) is 30.4 Å².